The Morgan fingerprint density at radius 3 is 2.67 bits per heavy atom. The number of halogens is 2. The summed E-state index contributed by atoms with van der Waals surface area (Å²) >= 11 is 14.5. The molecule has 2 aromatic carbocycles. The van der Waals surface area contributed by atoms with Crippen LogP contribution < -0.4 is 15.4 Å². The molecule has 2 N–H and O–H groups in total. The van der Waals surface area contributed by atoms with Gasteiger partial charge >= 0.3 is 0 Å². The lowest BCUT2D eigenvalue weighted by molar-refractivity contribution is -0.121. The van der Waals surface area contributed by atoms with Crippen molar-refractivity contribution in [3.8, 4) is 5.75 Å². The van der Waals surface area contributed by atoms with Gasteiger partial charge < -0.3 is 15.4 Å². The minimum atomic E-state index is -0.355. The van der Waals surface area contributed by atoms with Gasteiger partial charge in [0.1, 0.15) is 5.75 Å². The Kier molecular flexibility index (Phi) is 7.02. The van der Waals surface area contributed by atoms with Gasteiger partial charge in [-0.05, 0) is 42.9 Å². The first-order chi connectivity index (χ1) is 11.5. The molecule has 0 spiro atoms. The molecule has 0 bridgehead atoms. The predicted octanol–water partition coefficient (Wildman–Crippen LogP) is 4.23. The SMILES string of the molecule is CC(NC(=S)NC(=O)COc1ccc(Br)cc1Cl)c1ccccc1. The van der Waals surface area contributed by atoms with Gasteiger partial charge in [0, 0.05) is 4.47 Å². The van der Waals surface area contributed by atoms with Crippen LogP contribution in [0.15, 0.2) is 53.0 Å². The smallest absolute Gasteiger partial charge is 0.264 e. The monoisotopic (exact) mass is 426 g/mol. The number of rotatable bonds is 5. The molecule has 0 fully saturated rings. The molecule has 0 radical (unpaired) electrons. The van der Waals surface area contributed by atoms with Crippen LogP contribution in [0.3, 0.4) is 0 Å². The first-order valence-corrected chi connectivity index (χ1v) is 8.77. The zero-order chi connectivity index (χ0) is 17.5. The molecular weight excluding hydrogens is 412 g/mol. The van der Waals surface area contributed by atoms with Gasteiger partial charge in [0.05, 0.1) is 11.1 Å². The van der Waals surface area contributed by atoms with Gasteiger partial charge in [-0.2, -0.15) is 0 Å². The summed E-state index contributed by atoms with van der Waals surface area (Å²) in [5.74, 6) is 0.0818. The van der Waals surface area contributed by atoms with Crippen LogP contribution in [-0.2, 0) is 4.79 Å². The summed E-state index contributed by atoms with van der Waals surface area (Å²) in [5.41, 5.74) is 1.08. The fraction of sp³-hybridized carbons (Fsp3) is 0.176. The summed E-state index contributed by atoms with van der Waals surface area (Å²) in [6.07, 6.45) is 0. The minimum Gasteiger partial charge on any atom is -0.482 e. The Hall–Kier alpha value is -1.63. The van der Waals surface area contributed by atoms with Crippen molar-refractivity contribution in [2.75, 3.05) is 6.61 Å². The van der Waals surface area contributed by atoms with E-state index in [1.54, 1.807) is 18.2 Å². The number of hydrogen-bond donors (Lipinski definition) is 2. The van der Waals surface area contributed by atoms with Crippen molar-refractivity contribution < 1.29 is 9.53 Å². The lowest BCUT2D eigenvalue weighted by Crippen LogP contribution is -2.42. The Morgan fingerprint density at radius 1 is 1.29 bits per heavy atom. The highest BCUT2D eigenvalue weighted by Crippen LogP contribution is 2.27. The van der Waals surface area contributed by atoms with Gasteiger partial charge in [-0.25, -0.2) is 0 Å². The van der Waals surface area contributed by atoms with E-state index in [1.807, 2.05) is 37.3 Å². The number of carbonyl (C=O) groups is 1. The summed E-state index contributed by atoms with van der Waals surface area (Å²) in [7, 11) is 0. The van der Waals surface area contributed by atoms with Crippen LogP contribution >= 0.6 is 39.7 Å². The molecule has 0 aliphatic carbocycles. The highest BCUT2D eigenvalue weighted by atomic mass is 79.9. The average Bonchev–Trinajstić information content (AvgIpc) is 2.54. The van der Waals surface area contributed by atoms with E-state index in [-0.39, 0.29) is 23.7 Å². The van der Waals surface area contributed by atoms with Crippen LogP contribution in [0, 0.1) is 0 Å². The number of nitrogens with one attached hydrogen (secondary N) is 2. The van der Waals surface area contributed by atoms with E-state index in [0.29, 0.717) is 10.8 Å². The van der Waals surface area contributed by atoms with Crippen LogP contribution in [0.5, 0.6) is 5.75 Å². The number of thiocarbonyl (C=S) groups is 1. The highest BCUT2D eigenvalue weighted by Gasteiger charge is 2.11. The maximum atomic E-state index is 11.9. The molecule has 126 valence electrons. The van der Waals surface area contributed by atoms with E-state index in [1.165, 1.54) is 0 Å². The molecule has 2 rings (SSSR count). The molecule has 0 aromatic heterocycles. The molecule has 24 heavy (non-hydrogen) atoms. The Labute approximate surface area is 159 Å². The summed E-state index contributed by atoms with van der Waals surface area (Å²) in [6, 6.07) is 15.0. The number of amides is 1. The Morgan fingerprint density at radius 2 is 2.00 bits per heavy atom. The third-order valence-electron chi connectivity index (χ3n) is 3.15. The first kappa shape index (κ1) is 18.7. The van der Waals surface area contributed by atoms with E-state index in [9.17, 15) is 4.79 Å². The van der Waals surface area contributed by atoms with E-state index >= 15 is 0 Å². The topological polar surface area (TPSA) is 50.4 Å². The van der Waals surface area contributed by atoms with E-state index in [4.69, 9.17) is 28.6 Å². The number of carbonyl (C=O) groups excluding carboxylic acids is 1. The quantitative estimate of drug-likeness (QED) is 0.701. The normalized spacial score (nSPS) is 11.5. The summed E-state index contributed by atoms with van der Waals surface area (Å²) in [4.78, 5) is 11.9. The standard InChI is InChI=1S/C17H16BrClN2O2S/c1-11(12-5-3-2-4-6-12)20-17(24)21-16(22)10-23-15-8-7-13(18)9-14(15)19/h2-9,11H,10H2,1H3,(H2,20,21,22,24). The fourth-order valence-electron chi connectivity index (χ4n) is 1.96. The maximum absolute atomic E-state index is 11.9. The van der Waals surface area contributed by atoms with Gasteiger partial charge in [-0.15, -0.1) is 0 Å². The molecule has 0 saturated heterocycles. The zero-order valence-corrected chi connectivity index (χ0v) is 16.0. The minimum absolute atomic E-state index is 0.0131. The van der Waals surface area contributed by atoms with Crippen LogP contribution in [0.1, 0.15) is 18.5 Å². The molecule has 1 amide bonds. The molecule has 0 aliphatic heterocycles. The second kappa shape index (κ2) is 9.01. The van der Waals surface area contributed by atoms with Crippen molar-refractivity contribution in [3.63, 3.8) is 0 Å². The second-order valence-corrected chi connectivity index (χ2v) is 6.75. The number of benzene rings is 2. The van der Waals surface area contributed by atoms with Gasteiger partial charge in [0.25, 0.3) is 5.91 Å². The van der Waals surface area contributed by atoms with E-state index < -0.39 is 0 Å². The van der Waals surface area contributed by atoms with Crippen LogP contribution in [0.25, 0.3) is 0 Å². The zero-order valence-electron chi connectivity index (χ0n) is 12.9. The van der Waals surface area contributed by atoms with Gasteiger partial charge in [0.2, 0.25) is 0 Å². The third-order valence-corrected chi connectivity index (χ3v) is 4.16. The second-order valence-electron chi connectivity index (χ2n) is 5.02. The number of ether oxygens (including phenoxy) is 1. The summed E-state index contributed by atoms with van der Waals surface area (Å²) in [6.45, 7) is 1.79. The van der Waals surface area contributed by atoms with E-state index in [0.717, 1.165) is 10.0 Å². The third kappa shape index (κ3) is 5.78. The first-order valence-electron chi connectivity index (χ1n) is 7.19. The van der Waals surface area contributed by atoms with Crippen molar-refractivity contribution in [3.05, 3.63) is 63.6 Å². The summed E-state index contributed by atoms with van der Waals surface area (Å²) in [5, 5.41) is 6.32. The predicted molar refractivity (Wildman–Crippen MR) is 103 cm³/mol. The molecule has 0 heterocycles. The van der Waals surface area contributed by atoms with Gasteiger partial charge in [-0.3, -0.25) is 4.79 Å². The van der Waals surface area contributed by atoms with Crippen LogP contribution in [-0.4, -0.2) is 17.6 Å². The van der Waals surface area contributed by atoms with Crippen LogP contribution in [0.2, 0.25) is 5.02 Å². The van der Waals surface area contributed by atoms with Crippen molar-refractivity contribution in [1.29, 1.82) is 0 Å². The summed E-state index contributed by atoms with van der Waals surface area (Å²) < 4.78 is 6.23. The molecule has 1 atom stereocenters. The van der Waals surface area contributed by atoms with Crippen molar-refractivity contribution in [2.24, 2.45) is 0 Å². The molecule has 0 saturated carbocycles. The Bertz CT molecular complexity index is 728. The average molecular weight is 428 g/mol. The van der Waals surface area contributed by atoms with Crippen LogP contribution in [0.4, 0.5) is 0 Å². The molecule has 7 heteroatoms. The van der Waals surface area contributed by atoms with Crippen molar-refractivity contribution in [1.82, 2.24) is 10.6 Å². The highest BCUT2D eigenvalue weighted by molar-refractivity contribution is 9.10. The lowest BCUT2D eigenvalue weighted by atomic mass is 10.1. The maximum Gasteiger partial charge on any atom is 0.264 e. The van der Waals surface area contributed by atoms with Crippen molar-refractivity contribution in [2.45, 2.75) is 13.0 Å². The van der Waals surface area contributed by atoms with Gasteiger partial charge in [0.15, 0.2) is 11.7 Å². The lowest BCUT2D eigenvalue weighted by Gasteiger charge is -2.17. The number of hydrogen-bond acceptors (Lipinski definition) is 3. The fourth-order valence-corrected chi connectivity index (χ4v) is 2.97. The van der Waals surface area contributed by atoms with Gasteiger partial charge in [-0.1, -0.05) is 57.9 Å². The van der Waals surface area contributed by atoms with E-state index in [2.05, 4.69) is 26.6 Å². The molecular formula is C17H16BrClN2O2S. The molecule has 4 nitrogen and oxygen atoms in total. The Balaban J connectivity index is 1.80. The largest absolute Gasteiger partial charge is 0.482 e. The molecule has 1 unspecified atom stereocenters. The van der Waals surface area contributed by atoms with Crippen molar-refractivity contribution >= 4 is 50.8 Å². The molecule has 0 aliphatic rings. The molecule has 2 aromatic rings.